The molecule has 156 valence electrons. The monoisotopic (exact) mass is 412 g/mol. The van der Waals surface area contributed by atoms with Crippen molar-refractivity contribution < 1.29 is 4.79 Å². The Morgan fingerprint density at radius 2 is 1.87 bits per heavy atom. The summed E-state index contributed by atoms with van der Waals surface area (Å²) in [7, 11) is 1.96. The zero-order valence-electron chi connectivity index (χ0n) is 17.4. The maximum absolute atomic E-state index is 12.6. The smallest absolute Gasteiger partial charge is 0.251 e. The third-order valence-electron chi connectivity index (χ3n) is 5.03. The summed E-state index contributed by atoms with van der Waals surface area (Å²) >= 11 is 0. The maximum atomic E-state index is 12.6. The fourth-order valence-electron chi connectivity index (χ4n) is 3.30. The van der Waals surface area contributed by atoms with Gasteiger partial charge in [-0.2, -0.15) is 5.10 Å². The van der Waals surface area contributed by atoms with Gasteiger partial charge in [0.2, 0.25) is 0 Å². The van der Waals surface area contributed by atoms with Gasteiger partial charge in [0, 0.05) is 43.0 Å². The Labute approximate surface area is 180 Å². The normalized spacial score (nSPS) is 10.7. The molecule has 0 bridgehead atoms. The van der Waals surface area contributed by atoms with Crippen molar-refractivity contribution in [3.63, 3.8) is 0 Å². The first-order valence-corrected chi connectivity index (χ1v) is 10.1. The summed E-state index contributed by atoms with van der Waals surface area (Å²) in [5, 5.41) is 9.85. The van der Waals surface area contributed by atoms with Crippen molar-refractivity contribution in [2.24, 2.45) is 0 Å². The summed E-state index contributed by atoms with van der Waals surface area (Å²) in [4.78, 5) is 24.3. The van der Waals surface area contributed by atoms with E-state index in [-0.39, 0.29) is 5.91 Å². The number of hydrogen-bond donors (Lipinski definition) is 2. The quantitative estimate of drug-likeness (QED) is 0.429. The van der Waals surface area contributed by atoms with Gasteiger partial charge < -0.3 is 10.2 Å². The highest BCUT2D eigenvalue weighted by Crippen LogP contribution is 2.30. The molecule has 0 fully saturated rings. The average molecular weight is 412 g/mol. The van der Waals surface area contributed by atoms with Gasteiger partial charge in [-0.25, -0.2) is 9.97 Å². The molecule has 0 atom stereocenters. The van der Waals surface area contributed by atoms with Crippen molar-refractivity contribution in [2.45, 2.75) is 6.42 Å². The van der Waals surface area contributed by atoms with Crippen LogP contribution in [0.5, 0.6) is 0 Å². The lowest BCUT2D eigenvalue weighted by molar-refractivity contribution is 0.0952. The first-order chi connectivity index (χ1) is 15.2. The second kappa shape index (κ2) is 9.21. The van der Waals surface area contributed by atoms with Gasteiger partial charge in [-0.05, 0) is 30.8 Å². The molecular weight excluding hydrogens is 388 g/mol. The van der Waals surface area contributed by atoms with Crippen LogP contribution >= 0.6 is 0 Å². The van der Waals surface area contributed by atoms with Gasteiger partial charge in [-0.15, -0.1) is 0 Å². The summed E-state index contributed by atoms with van der Waals surface area (Å²) in [5.74, 6) is -0.120. The minimum atomic E-state index is -0.120. The molecule has 0 aliphatic heterocycles. The highest BCUT2D eigenvalue weighted by atomic mass is 16.1. The van der Waals surface area contributed by atoms with Crippen molar-refractivity contribution in [2.75, 3.05) is 20.1 Å². The van der Waals surface area contributed by atoms with Gasteiger partial charge in [0.1, 0.15) is 5.69 Å². The third kappa shape index (κ3) is 4.61. The molecule has 31 heavy (non-hydrogen) atoms. The standard InChI is InChI=1S/C24H24N6O/c1-3-30(2)13-7-12-25-24(31)18-10-11-20-21(14-18)29-22(17-8-5-4-6-9-17)23(28-20)19-15-26-27-16-19/h3-6,8-11,14-16H,1,7,12-13H2,2H3,(H,25,31)(H,26,27). The second-order valence-electron chi connectivity index (χ2n) is 7.25. The average Bonchev–Trinajstić information content (AvgIpc) is 3.35. The molecule has 2 aromatic heterocycles. The van der Waals surface area contributed by atoms with E-state index in [9.17, 15) is 4.79 Å². The number of rotatable bonds is 8. The molecule has 0 radical (unpaired) electrons. The SMILES string of the molecule is C=CN(C)CCCNC(=O)c1ccc2nc(-c3cn[nH]c3)c(-c3ccccc3)nc2c1. The van der Waals surface area contributed by atoms with E-state index >= 15 is 0 Å². The lowest BCUT2D eigenvalue weighted by atomic mass is 10.1. The van der Waals surface area contributed by atoms with Crippen molar-refractivity contribution in [3.8, 4) is 22.5 Å². The van der Waals surface area contributed by atoms with Crippen LogP contribution in [0.1, 0.15) is 16.8 Å². The van der Waals surface area contributed by atoms with Crippen molar-refractivity contribution >= 4 is 16.9 Å². The van der Waals surface area contributed by atoms with Gasteiger partial charge in [0.25, 0.3) is 5.91 Å². The van der Waals surface area contributed by atoms with Crippen LogP contribution in [0, 0.1) is 0 Å². The number of aromatic nitrogens is 4. The summed E-state index contributed by atoms with van der Waals surface area (Å²) < 4.78 is 0. The maximum Gasteiger partial charge on any atom is 0.251 e. The van der Waals surface area contributed by atoms with Crippen LogP contribution in [-0.4, -0.2) is 51.1 Å². The molecule has 7 nitrogen and oxygen atoms in total. The van der Waals surface area contributed by atoms with Crippen molar-refractivity contribution in [1.82, 2.24) is 30.4 Å². The molecule has 0 spiro atoms. The number of carbonyl (C=O) groups excluding carboxylic acids is 1. The predicted molar refractivity (Wildman–Crippen MR) is 122 cm³/mol. The molecule has 2 heterocycles. The molecule has 0 saturated carbocycles. The molecule has 0 aliphatic carbocycles. The van der Waals surface area contributed by atoms with E-state index in [1.54, 1.807) is 30.7 Å². The highest BCUT2D eigenvalue weighted by Gasteiger charge is 2.15. The Hall–Kier alpha value is -4.00. The molecule has 4 rings (SSSR count). The van der Waals surface area contributed by atoms with E-state index in [1.807, 2.05) is 48.3 Å². The second-order valence-corrected chi connectivity index (χ2v) is 7.25. The van der Waals surface area contributed by atoms with Crippen LogP contribution in [-0.2, 0) is 0 Å². The number of benzene rings is 2. The summed E-state index contributed by atoms with van der Waals surface area (Å²) in [5.41, 5.74) is 5.27. The number of amides is 1. The van der Waals surface area contributed by atoms with E-state index in [0.29, 0.717) is 17.6 Å². The Kier molecular flexibility index (Phi) is 6.03. The van der Waals surface area contributed by atoms with Crippen molar-refractivity contribution in [1.29, 1.82) is 0 Å². The zero-order chi connectivity index (χ0) is 21.6. The Morgan fingerprint density at radius 3 is 2.61 bits per heavy atom. The summed E-state index contributed by atoms with van der Waals surface area (Å²) in [6, 6.07) is 15.3. The molecule has 7 heteroatoms. The number of aromatic amines is 1. The van der Waals surface area contributed by atoms with Crippen LogP contribution < -0.4 is 5.32 Å². The highest BCUT2D eigenvalue weighted by molar-refractivity contribution is 5.98. The van der Waals surface area contributed by atoms with Crippen LogP contribution in [0.2, 0.25) is 0 Å². The van der Waals surface area contributed by atoms with E-state index in [0.717, 1.165) is 41.0 Å². The van der Waals surface area contributed by atoms with E-state index in [2.05, 4.69) is 22.1 Å². The largest absolute Gasteiger partial charge is 0.381 e. The summed E-state index contributed by atoms with van der Waals surface area (Å²) in [6.45, 7) is 5.15. The lowest BCUT2D eigenvalue weighted by Crippen LogP contribution is -2.26. The van der Waals surface area contributed by atoms with Gasteiger partial charge in [-0.1, -0.05) is 36.9 Å². The van der Waals surface area contributed by atoms with Gasteiger partial charge in [0.15, 0.2) is 0 Å². The Morgan fingerprint density at radius 1 is 1.10 bits per heavy atom. The minimum Gasteiger partial charge on any atom is -0.381 e. The van der Waals surface area contributed by atoms with Gasteiger partial charge in [0.05, 0.1) is 22.9 Å². The van der Waals surface area contributed by atoms with Crippen LogP contribution in [0.3, 0.4) is 0 Å². The fraction of sp³-hybridized carbons (Fsp3) is 0.167. The van der Waals surface area contributed by atoms with Crippen LogP contribution in [0.4, 0.5) is 0 Å². The van der Waals surface area contributed by atoms with E-state index < -0.39 is 0 Å². The number of carbonyl (C=O) groups is 1. The van der Waals surface area contributed by atoms with Crippen LogP contribution in [0.25, 0.3) is 33.5 Å². The topological polar surface area (TPSA) is 86.8 Å². The molecule has 2 N–H and O–H groups in total. The first-order valence-electron chi connectivity index (χ1n) is 10.1. The number of fused-ring (bicyclic) bond motifs is 1. The van der Waals surface area contributed by atoms with Gasteiger partial charge >= 0.3 is 0 Å². The molecule has 0 aliphatic rings. The summed E-state index contributed by atoms with van der Waals surface area (Å²) in [6.07, 6.45) is 6.14. The number of nitrogens with zero attached hydrogens (tertiary/aromatic N) is 4. The molecule has 1 amide bonds. The minimum absolute atomic E-state index is 0.120. The first kappa shape index (κ1) is 20.3. The molecule has 0 unspecified atom stereocenters. The number of hydrogen-bond acceptors (Lipinski definition) is 5. The molecule has 4 aromatic rings. The van der Waals surface area contributed by atoms with E-state index in [1.165, 1.54) is 0 Å². The predicted octanol–water partition coefficient (Wildman–Crippen LogP) is 3.88. The number of H-pyrrole nitrogens is 1. The third-order valence-corrected chi connectivity index (χ3v) is 5.03. The van der Waals surface area contributed by atoms with Gasteiger partial charge in [-0.3, -0.25) is 9.89 Å². The Bertz CT molecular complexity index is 1190. The fourth-order valence-corrected chi connectivity index (χ4v) is 3.30. The Balaban J connectivity index is 1.64. The lowest BCUT2D eigenvalue weighted by Gasteiger charge is -2.13. The van der Waals surface area contributed by atoms with Crippen molar-refractivity contribution in [3.05, 3.63) is 79.3 Å². The molecule has 0 saturated heterocycles. The van der Waals surface area contributed by atoms with Crippen LogP contribution in [0.15, 0.2) is 73.7 Å². The van der Waals surface area contributed by atoms with E-state index in [4.69, 9.17) is 9.97 Å². The molecule has 2 aromatic carbocycles. The molecular formula is C24H24N6O. The number of nitrogens with one attached hydrogen (secondary N) is 2. The zero-order valence-corrected chi connectivity index (χ0v) is 17.4.